The molecule has 3 aromatic carbocycles. The highest BCUT2D eigenvalue weighted by molar-refractivity contribution is 7.89. The van der Waals surface area contributed by atoms with Crippen molar-refractivity contribution in [2.75, 3.05) is 40.3 Å². The summed E-state index contributed by atoms with van der Waals surface area (Å²) in [6, 6.07) is 10.5. The zero-order valence-electron chi connectivity index (χ0n) is 30.9. The second kappa shape index (κ2) is 17.7. The number of para-hydroxylation sites is 1. The Kier molecular flexibility index (Phi) is 14.1. The lowest BCUT2D eigenvalue weighted by Gasteiger charge is -2.37. The molecule has 0 unspecified atom stereocenters. The van der Waals surface area contributed by atoms with Crippen molar-refractivity contribution in [3.63, 3.8) is 0 Å². The third-order valence-corrected chi connectivity index (χ3v) is 13.1. The van der Waals surface area contributed by atoms with E-state index in [-0.39, 0.29) is 35.9 Å². The molecule has 1 amide bonds. The molecule has 0 aliphatic carbocycles. The highest BCUT2D eigenvalue weighted by atomic mass is 32.2. The van der Waals surface area contributed by atoms with Gasteiger partial charge in [0.05, 0.1) is 33.2 Å². The van der Waals surface area contributed by atoms with Gasteiger partial charge < -0.3 is 14.4 Å². The normalized spacial score (nSPS) is 20.1. The number of nitro benzene ring substituents is 1. The molecule has 0 radical (unpaired) electrons. The molecule has 0 fully saturated rings. The Hall–Kier alpha value is -4.17. The van der Waals surface area contributed by atoms with Gasteiger partial charge in [0.15, 0.2) is 4.90 Å². The van der Waals surface area contributed by atoms with Gasteiger partial charge in [0, 0.05) is 58.4 Å². The first-order chi connectivity index (χ1) is 25.6. The summed E-state index contributed by atoms with van der Waals surface area (Å²) in [6.45, 7) is 4.16. The molecule has 0 aromatic heterocycles. The number of nitrogens with zero attached hydrogens (tertiary/aromatic N) is 4. The summed E-state index contributed by atoms with van der Waals surface area (Å²) in [4.78, 5) is 25.9. The predicted octanol–water partition coefficient (Wildman–Crippen LogP) is 6.20. The van der Waals surface area contributed by atoms with Gasteiger partial charge >= 0.3 is 6.18 Å². The molecule has 0 N–H and O–H groups in total. The minimum absolute atomic E-state index is 0.154. The number of amides is 1. The predicted molar refractivity (Wildman–Crippen MR) is 194 cm³/mol. The second-order valence-corrected chi connectivity index (χ2v) is 17.6. The monoisotopic (exact) mass is 816 g/mol. The number of ether oxygens (including phenoxy) is 2. The largest absolute Gasteiger partial charge is 0.490 e. The van der Waals surface area contributed by atoms with E-state index in [1.807, 2.05) is 0 Å². The summed E-state index contributed by atoms with van der Waals surface area (Å²) in [5.41, 5.74) is -1.94. The minimum Gasteiger partial charge on any atom is -0.490 e. The Balaban J connectivity index is 1.76. The molecule has 0 spiro atoms. The number of benzene rings is 3. The standard InChI is InChI=1S/C36H44F4N4O9S2/c1-24-21-43(25(2)22-41(4)55(50,51)34-12-7-6-11-31(34)44(46)47)35(45)30-18-13-27(36(38,39)40)20-32(30)53-26(3)10-8-9-19-52-33(24)23-42(5)54(48,49)29-16-14-28(37)15-17-29/h6-7,11-18,20,24-26,33H,8-10,19,21-23H2,1-5H3/t24-,25-,26+,33-/m0/s1. The van der Waals surface area contributed by atoms with Gasteiger partial charge in [-0.2, -0.15) is 21.8 Å². The number of carbonyl (C=O) groups excluding carboxylic acids is 1. The van der Waals surface area contributed by atoms with E-state index in [0.29, 0.717) is 19.3 Å². The number of hydrogen-bond acceptors (Lipinski definition) is 9. The average Bonchev–Trinajstić information content (AvgIpc) is 3.12. The second-order valence-electron chi connectivity index (χ2n) is 13.6. The van der Waals surface area contributed by atoms with Gasteiger partial charge in [0.2, 0.25) is 20.0 Å². The lowest BCUT2D eigenvalue weighted by Crippen LogP contribution is -2.50. The van der Waals surface area contributed by atoms with E-state index in [0.717, 1.165) is 63.2 Å². The number of carbonyl (C=O) groups is 1. The van der Waals surface area contributed by atoms with Crippen LogP contribution in [0.25, 0.3) is 0 Å². The molecular weight excluding hydrogens is 773 g/mol. The summed E-state index contributed by atoms with van der Waals surface area (Å²) in [7, 11) is -6.15. The quantitative estimate of drug-likeness (QED) is 0.132. The van der Waals surface area contributed by atoms with Crippen molar-refractivity contribution >= 4 is 31.6 Å². The van der Waals surface area contributed by atoms with E-state index in [1.54, 1.807) is 13.8 Å². The molecule has 3 aromatic rings. The van der Waals surface area contributed by atoms with Crippen LogP contribution in [0.15, 0.2) is 76.5 Å². The van der Waals surface area contributed by atoms with Crippen LogP contribution in [0.2, 0.25) is 0 Å². The van der Waals surface area contributed by atoms with Crippen molar-refractivity contribution < 1.29 is 53.6 Å². The summed E-state index contributed by atoms with van der Waals surface area (Å²) in [6.07, 6.45) is -4.87. The lowest BCUT2D eigenvalue weighted by molar-refractivity contribution is -0.387. The summed E-state index contributed by atoms with van der Waals surface area (Å²) in [5, 5.41) is 11.7. The molecule has 13 nitrogen and oxygen atoms in total. The van der Waals surface area contributed by atoms with Crippen molar-refractivity contribution in [3.05, 3.63) is 93.8 Å². The number of alkyl halides is 3. The smallest absolute Gasteiger partial charge is 0.416 e. The summed E-state index contributed by atoms with van der Waals surface area (Å²) in [5.74, 6) is -2.43. The number of hydrogen-bond donors (Lipinski definition) is 0. The van der Waals surface area contributed by atoms with E-state index in [2.05, 4.69) is 0 Å². The Bertz CT molecular complexity index is 2050. The molecule has 4 atom stereocenters. The highest BCUT2D eigenvalue weighted by Crippen LogP contribution is 2.35. The molecule has 0 saturated heterocycles. The highest BCUT2D eigenvalue weighted by Gasteiger charge is 2.37. The number of fused-ring (bicyclic) bond motifs is 1. The molecule has 4 rings (SSSR count). The van der Waals surface area contributed by atoms with Gasteiger partial charge in [0.25, 0.3) is 11.6 Å². The van der Waals surface area contributed by atoms with Crippen molar-refractivity contribution in [3.8, 4) is 5.75 Å². The molecule has 55 heavy (non-hydrogen) atoms. The molecule has 0 saturated carbocycles. The molecule has 302 valence electrons. The third kappa shape index (κ3) is 10.6. The van der Waals surface area contributed by atoms with Crippen LogP contribution in [0.4, 0.5) is 23.2 Å². The van der Waals surface area contributed by atoms with Crippen LogP contribution in [0.1, 0.15) is 56.0 Å². The SMILES string of the molecule is C[C@@H]1CCCCO[C@@H](CN(C)S(=O)(=O)c2ccc(F)cc2)[C@@H](C)CN([C@@H](C)CN(C)S(=O)(=O)c2ccccc2[N+](=O)[O-])C(=O)c2ccc(C(F)(F)F)cc2O1. The first-order valence-corrected chi connectivity index (χ1v) is 20.2. The Morgan fingerprint density at radius 1 is 0.964 bits per heavy atom. The van der Waals surface area contributed by atoms with Gasteiger partial charge in [-0.3, -0.25) is 14.9 Å². The van der Waals surface area contributed by atoms with Crippen molar-refractivity contribution in [1.29, 1.82) is 0 Å². The number of halogens is 4. The fourth-order valence-electron chi connectivity index (χ4n) is 6.16. The molecule has 1 aliphatic heterocycles. The van der Waals surface area contributed by atoms with Crippen LogP contribution in [0.3, 0.4) is 0 Å². The molecule has 19 heteroatoms. The van der Waals surface area contributed by atoms with Gasteiger partial charge in [-0.1, -0.05) is 19.1 Å². The van der Waals surface area contributed by atoms with Crippen LogP contribution in [-0.2, 0) is 31.0 Å². The van der Waals surface area contributed by atoms with Crippen molar-refractivity contribution in [2.24, 2.45) is 5.92 Å². The maximum Gasteiger partial charge on any atom is 0.416 e. The third-order valence-electron chi connectivity index (χ3n) is 9.35. The topological polar surface area (TPSA) is 157 Å². The van der Waals surface area contributed by atoms with Crippen molar-refractivity contribution in [1.82, 2.24) is 13.5 Å². The van der Waals surface area contributed by atoms with E-state index >= 15 is 0 Å². The first kappa shape index (κ1) is 43.6. The molecular formula is C36H44F4N4O9S2. The van der Waals surface area contributed by atoms with Gasteiger partial charge in [-0.25, -0.2) is 21.2 Å². The zero-order chi connectivity index (χ0) is 40.9. The van der Waals surface area contributed by atoms with E-state index in [9.17, 15) is 49.3 Å². The average molecular weight is 817 g/mol. The summed E-state index contributed by atoms with van der Waals surface area (Å²) < 4.78 is 123. The molecule has 0 bridgehead atoms. The number of rotatable bonds is 10. The molecule has 1 aliphatic rings. The number of likely N-dealkylation sites (N-methyl/N-ethyl adjacent to an activating group) is 2. The van der Waals surface area contributed by atoms with Crippen LogP contribution < -0.4 is 4.74 Å². The van der Waals surface area contributed by atoms with Gasteiger partial charge in [-0.15, -0.1) is 0 Å². The number of nitro groups is 1. The fourth-order valence-corrected chi connectivity index (χ4v) is 8.75. The molecule has 1 heterocycles. The number of sulfonamides is 2. The fraction of sp³-hybridized carbons (Fsp3) is 0.472. The Morgan fingerprint density at radius 3 is 2.25 bits per heavy atom. The van der Waals surface area contributed by atoms with Crippen molar-refractivity contribution in [2.45, 2.75) is 74.3 Å². The maximum absolute atomic E-state index is 14.5. The zero-order valence-corrected chi connectivity index (χ0v) is 32.5. The Labute approximate surface area is 318 Å². The summed E-state index contributed by atoms with van der Waals surface area (Å²) >= 11 is 0. The van der Waals surface area contributed by atoms with E-state index in [4.69, 9.17) is 9.47 Å². The van der Waals surface area contributed by atoms with E-state index in [1.165, 1.54) is 38.1 Å². The van der Waals surface area contributed by atoms with Crippen LogP contribution in [0.5, 0.6) is 5.75 Å². The first-order valence-electron chi connectivity index (χ1n) is 17.4. The lowest BCUT2D eigenvalue weighted by atomic mass is 10.0. The minimum atomic E-state index is -4.76. The van der Waals surface area contributed by atoms with Gasteiger partial charge in [0.1, 0.15) is 11.6 Å². The van der Waals surface area contributed by atoms with Crippen LogP contribution in [-0.4, -0.2) is 99.8 Å². The Morgan fingerprint density at radius 2 is 1.62 bits per heavy atom. The van der Waals surface area contributed by atoms with E-state index < -0.39 is 89.7 Å². The van der Waals surface area contributed by atoms with Crippen LogP contribution >= 0.6 is 0 Å². The maximum atomic E-state index is 14.5. The van der Waals surface area contributed by atoms with Crippen LogP contribution in [0, 0.1) is 21.8 Å². The van der Waals surface area contributed by atoms with Gasteiger partial charge in [-0.05, 0) is 81.6 Å².